The molecule has 4 aromatic rings. The molecule has 1 atom stereocenters. The Labute approximate surface area is 215 Å². The number of nitriles is 2. The van der Waals surface area contributed by atoms with E-state index in [9.17, 15) is 20.4 Å². The number of carbonyl (C=O) groups excluding carboxylic acids is 1. The Bertz CT molecular complexity index is 1490. The van der Waals surface area contributed by atoms with Gasteiger partial charge >= 0.3 is 0 Å². The molecule has 1 amide bonds. The lowest BCUT2D eigenvalue weighted by Crippen LogP contribution is -2.37. The third kappa shape index (κ3) is 5.95. The highest BCUT2D eigenvalue weighted by molar-refractivity contribution is 5.95. The number of pyridine rings is 1. The molecule has 186 valence electrons. The van der Waals surface area contributed by atoms with Gasteiger partial charge in [0.1, 0.15) is 17.9 Å². The fourth-order valence-electron chi connectivity index (χ4n) is 4.10. The van der Waals surface area contributed by atoms with Gasteiger partial charge in [-0.3, -0.25) is 4.79 Å². The van der Waals surface area contributed by atoms with E-state index in [1.54, 1.807) is 18.2 Å². The fourth-order valence-corrected chi connectivity index (χ4v) is 4.10. The first kappa shape index (κ1) is 25.4. The quantitative estimate of drug-likeness (QED) is 0.359. The molecule has 4 rings (SSSR count). The Hall–Kier alpha value is -4.66. The molecule has 0 bridgehead atoms. The molecular weight excluding hydrogens is 466 g/mol. The van der Waals surface area contributed by atoms with Gasteiger partial charge in [-0.25, -0.2) is 4.98 Å². The van der Waals surface area contributed by atoms with E-state index in [1.165, 1.54) is 6.07 Å². The monoisotopic (exact) mass is 493 g/mol. The second-order valence-electron chi connectivity index (χ2n) is 8.96. The van der Waals surface area contributed by atoms with Crippen LogP contribution in [-0.4, -0.2) is 39.2 Å². The highest BCUT2D eigenvalue weighted by Gasteiger charge is 2.17. The van der Waals surface area contributed by atoms with Gasteiger partial charge in [0.2, 0.25) is 0 Å². The van der Waals surface area contributed by atoms with Gasteiger partial charge in [0.05, 0.1) is 22.9 Å². The molecule has 0 aliphatic carbocycles. The minimum atomic E-state index is -0.319. The van der Waals surface area contributed by atoms with Crippen LogP contribution in [0, 0.1) is 22.7 Å². The van der Waals surface area contributed by atoms with E-state index in [2.05, 4.69) is 22.4 Å². The van der Waals surface area contributed by atoms with Gasteiger partial charge in [-0.2, -0.15) is 10.5 Å². The Morgan fingerprint density at radius 2 is 1.86 bits per heavy atom. The molecule has 2 aromatic carbocycles. The topological polar surface area (TPSA) is 123 Å². The minimum absolute atomic E-state index is 0.0733. The van der Waals surface area contributed by atoms with Crippen molar-refractivity contribution in [1.82, 2.24) is 14.7 Å². The average molecular weight is 494 g/mol. The summed E-state index contributed by atoms with van der Waals surface area (Å²) in [5, 5.41) is 31.3. The maximum atomic E-state index is 12.9. The summed E-state index contributed by atoms with van der Waals surface area (Å²) < 4.78 is 7.46. The van der Waals surface area contributed by atoms with Crippen LogP contribution in [0.2, 0.25) is 0 Å². The van der Waals surface area contributed by atoms with Crippen LogP contribution < -0.4 is 10.1 Å². The molecule has 2 N–H and O–H groups in total. The largest absolute Gasteiger partial charge is 0.490 e. The standard InChI is InChI=1S/C29H27N5O3/c1-19(2)37-27-10-9-22(15-24(27)17-31)29(36)32-25(11-13-35)14-20-5-7-21(8-6-20)26-18-34-12-3-4-23(16-30)28(34)33-26/h3-10,12,15,18-19,25,35H,11,13-14H2,1-2H3,(H,32,36). The average Bonchev–Trinajstić information content (AvgIpc) is 3.33. The summed E-state index contributed by atoms with van der Waals surface area (Å²) in [6, 6.07) is 20.1. The van der Waals surface area contributed by atoms with Gasteiger partial charge in [-0.15, -0.1) is 0 Å². The van der Waals surface area contributed by atoms with Crippen molar-refractivity contribution in [3.05, 3.63) is 89.2 Å². The van der Waals surface area contributed by atoms with Crippen LogP contribution in [-0.2, 0) is 6.42 Å². The molecule has 2 heterocycles. The van der Waals surface area contributed by atoms with Crippen molar-refractivity contribution in [1.29, 1.82) is 10.5 Å². The number of nitrogens with zero attached hydrogens (tertiary/aromatic N) is 4. The molecule has 0 saturated heterocycles. The number of nitrogens with one attached hydrogen (secondary N) is 1. The zero-order valence-electron chi connectivity index (χ0n) is 20.7. The van der Waals surface area contributed by atoms with Gasteiger partial charge in [-0.1, -0.05) is 24.3 Å². The van der Waals surface area contributed by atoms with E-state index in [0.717, 1.165) is 16.8 Å². The van der Waals surface area contributed by atoms with Crippen LogP contribution in [0.5, 0.6) is 5.75 Å². The molecule has 0 saturated carbocycles. The second-order valence-corrected chi connectivity index (χ2v) is 8.96. The van der Waals surface area contributed by atoms with E-state index >= 15 is 0 Å². The Kier molecular flexibility index (Phi) is 7.83. The highest BCUT2D eigenvalue weighted by atomic mass is 16.5. The van der Waals surface area contributed by atoms with Gasteiger partial charge in [0.15, 0.2) is 5.65 Å². The summed E-state index contributed by atoms with van der Waals surface area (Å²) in [6.45, 7) is 3.67. The number of hydrogen-bond acceptors (Lipinski definition) is 6. The van der Waals surface area contributed by atoms with Crippen LogP contribution >= 0.6 is 0 Å². The first-order valence-corrected chi connectivity index (χ1v) is 12.0. The summed E-state index contributed by atoms with van der Waals surface area (Å²) >= 11 is 0. The lowest BCUT2D eigenvalue weighted by Gasteiger charge is -2.19. The highest BCUT2D eigenvalue weighted by Crippen LogP contribution is 2.23. The van der Waals surface area contributed by atoms with E-state index in [1.807, 2.05) is 61.0 Å². The van der Waals surface area contributed by atoms with Crippen LogP contribution in [0.3, 0.4) is 0 Å². The number of ether oxygens (including phenoxy) is 1. The van der Waals surface area contributed by atoms with E-state index in [0.29, 0.717) is 40.9 Å². The van der Waals surface area contributed by atoms with Crippen molar-refractivity contribution >= 4 is 11.6 Å². The van der Waals surface area contributed by atoms with Crippen molar-refractivity contribution in [2.45, 2.75) is 38.8 Å². The van der Waals surface area contributed by atoms with Crippen LogP contribution in [0.15, 0.2) is 67.0 Å². The Morgan fingerprint density at radius 1 is 1.11 bits per heavy atom. The van der Waals surface area contributed by atoms with Gasteiger partial charge in [0.25, 0.3) is 5.91 Å². The number of fused-ring (bicyclic) bond motifs is 1. The van der Waals surface area contributed by atoms with Gasteiger partial charge < -0.3 is 19.6 Å². The molecule has 0 fully saturated rings. The van der Waals surface area contributed by atoms with Crippen LogP contribution in [0.4, 0.5) is 0 Å². The third-order valence-electron chi connectivity index (χ3n) is 5.87. The first-order chi connectivity index (χ1) is 17.9. The molecule has 8 nitrogen and oxygen atoms in total. The lowest BCUT2D eigenvalue weighted by atomic mass is 10.0. The molecule has 0 aliphatic heterocycles. The van der Waals surface area contributed by atoms with Crippen molar-refractivity contribution < 1.29 is 14.6 Å². The normalized spacial score (nSPS) is 11.6. The summed E-state index contributed by atoms with van der Waals surface area (Å²) in [6.07, 6.45) is 4.56. The van der Waals surface area contributed by atoms with E-state index in [4.69, 9.17) is 4.74 Å². The summed E-state index contributed by atoms with van der Waals surface area (Å²) in [4.78, 5) is 17.5. The zero-order valence-corrected chi connectivity index (χ0v) is 20.7. The first-order valence-electron chi connectivity index (χ1n) is 12.0. The Balaban J connectivity index is 1.47. The molecule has 8 heteroatoms. The second kappa shape index (κ2) is 11.4. The van der Waals surface area contributed by atoms with Crippen molar-refractivity contribution in [2.24, 2.45) is 0 Å². The fraction of sp³-hybridized carbons (Fsp3) is 0.241. The number of amides is 1. The molecular formula is C29H27N5O3. The van der Waals surface area contributed by atoms with Crippen molar-refractivity contribution in [3.63, 3.8) is 0 Å². The number of imidazole rings is 1. The maximum absolute atomic E-state index is 12.9. The molecule has 0 aliphatic rings. The van der Waals surface area contributed by atoms with Gasteiger partial charge in [-0.05, 0) is 62.6 Å². The van der Waals surface area contributed by atoms with Crippen LogP contribution in [0.1, 0.15) is 47.3 Å². The summed E-state index contributed by atoms with van der Waals surface area (Å²) in [5.41, 5.74) is 4.43. The molecule has 0 radical (unpaired) electrons. The van der Waals surface area contributed by atoms with E-state index in [-0.39, 0.29) is 24.7 Å². The number of rotatable bonds is 9. The number of benzene rings is 2. The predicted molar refractivity (Wildman–Crippen MR) is 139 cm³/mol. The maximum Gasteiger partial charge on any atom is 0.251 e. The predicted octanol–water partition coefficient (Wildman–Crippen LogP) is 4.26. The number of aliphatic hydroxyl groups is 1. The number of carbonyl (C=O) groups is 1. The van der Waals surface area contributed by atoms with Crippen LogP contribution in [0.25, 0.3) is 16.9 Å². The Morgan fingerprint density at radius 3 is 2.54 bits per heavy atom. The number of aromatic nitrogens is 2. The number of hydrogen-bond donors (Lipinski definition) is 2. The molecule has 1 unspecified atom stereocenters. The smallest absolute Gasteiger partial charge is 0.251 e. The molecule has 37 heavy (non-hydrogen) atoms. The number of aliphatic hydroxyl groups excluding tert-OH is 1. The van der Waals surface area contributed by atoms with E-state index < -0.39 is 0 Å². The lowest BCUT2D eigenvalue weighted by molar-refractivity contribution is 0.0930. The minimum Gasteiger partial charge on any atom is -0.490 e. The summed E-state index contributed by atoms with van der Waals surface area (Å²) in [5.74, 6) is 0.121. The van der Waals surface area contributed by atoms with Crippen molar-refractivity contribution in [2.75, 3.05) is 6.61 Å². The van der Waals surface area contributed by atoms with Gasteiger partial charge in [0, 0.05) is 36.2 Å². The third-order valence-corrected chi connectivity index (χ3v) is 5.87. The summed E-state index contributed by atoms with van der Waals surface area (Å²) in [7, 11) is 0. The molecule has 2 aromatic heterocycles. The zero-order chi connectivity index (χ0) is 26.4. The van der Waals surface area contributed by atoms with Crippen molar-refractivity contribution in [3.8, 4) is 29.1 Å². The SMILES string of the molecule is CC(C)Oc1ccc(C(=O)NC(CCO)Cc2ccc(-c3cn4cccc(C#N)c4n3)cc2)cc1C#N. The molecule has 0 spiro atoms.